The van der Waals surface area contributed by atoms with Crippen molar-refractivity contribution in [3.05, 3.63) is 23.0 Å². The quantitative estimate of drug-likeness (QED) is 0.652. The molecule has 1 heterocycles. The lowest BCUT2D eigenvalue weighted by molar-refractivity contribution is 0.0694. The largest absolute Gasteiger partial charge is 0.506 e. The number of nitrogens with one attached hydrogen (secondary N) is 1. The summed E-state index contributed by atoms with van der Waals surface area (Å²) in [5, 5.41) is 32.6. The van der Waals surface area contributed by atoms with E-state index in [1.165, 1.54) is 6.42 Å². The number of hydrogen-bond donors (Lipinski definition) is 4. The molecule has 1 aliphatic carbocycles. The number of nitrogens with zero attached hydrogens (tertiary/aromatic N) is 1. The van der Waals surface area contributed by atoms with Crippen molar-refractivity contribution in [2.75, 3.05) is 6.54 Å². The third-order valence-electron chi connectivity index (χ3n) is 4.18. The first-order valence-electron chi connectivity index (χ1n) is 7.29. The SMILES string of the molecule is Cc1ncc(CO)c(CNCC2CCCCC2O)c1O. The average Bonchev–Trinajstić information content (AvgIpc) is 2.45. The fraction of sp³-hybridized carbons (Fsp3) is 0.667. The van der Waals surface area contributed by atoms with Crippen molar-refractivity contribution in [2.45, 2.75) is 51.9 Å². The van der Waals surface area contributed by atoms with Crippen LogP contribution < -0.4 is 5.32 Å². The summed E-state index contributed by atoms with van der Waals surface area (Å²) in [6, 6.07) is 0. The molecule has 1 aromatic rings. The molecule has 20 heavy (non-hydrogen) atoms. The Bertz CT molecular complexity index is 451. The van der Waals surface area contributed by atoms with Crippen molar-refractivity contribution >= 4 is 0 Å². The van der Waals surface area contributed by atoms with Crippen LogP contribution in [0.3, 0.4) is 0 Å². The van der Waals surface area contributed by atoms with Gasteiger partial charge in [0, 0.05) is 30.4 Å². The molecule has 0 bridgehead atoms. The number of hydrogen-bond acceptors (Lipinski definition) is 5. The number of aromatic hydroxyl groups is 1. The predicted octanol–water partition coefficient (Wildman–Crippen LogP) is 1.23. The van der Waals surface area contributed by atoms with E-state index in [9.17, 15) is 15.3 Å². The van der Waals surface area contributed by atoms with Gasteiger partial charge >= 0.3 is 0 Å². The molecule has 0 spiro atoms. The Morgan fingerprint density at radius 2 is 2.10 bits per heavy atom. The summed E-state index contributed by atoms with van der Waals surface area (Å²) < 4.78 is 0. The van der Waals surface area contributed by atoms with Crippen LogP contribution in [0.25, 0.3) is 0 Å². The van der Waals surface area contributed by atoms with Gasteiger partial charge in [0.25, 0.3) is 0 Å². The summed E-state index contributed by atoms with van der Waals surface area (Å²) in [6.45, 7) is 2.82. The van der Waals surface area contributed by atoms with Gasteiger partial charge < -0.3 is 20.6 Å². The normalized spacial score (nSPS) is 22.9. The molecule has 0 amide bonds. The fourth-order valence-electron chi connectivity index (χ4n) is 2.83. The maximum absolute atomic E-state index is 10.0. The van der Waals surface area contributed by atoms with E-state index in [4.69, 9.17) is 0 Å². The maximum atomic E-state index is 10.0. The molecule has 112 valence electrons. The molecule has 2 rings (SSSR count). The maximum Gasteiger partial charge on any atom is 0.141 e. The average molecular weight is 280 g/mol. The molecule has 1 fully saturated rings. The van der Waals surface area contributed by atoms with Gasteiger partial charge in [-0.05, 0) is 25.7 Å². The Kier molecular flexibility index (Phi) is 5.34. The second-order valence-electron chi connectivity index (χ2n) is 5.60. The molecule has 5 heteroatoms. The molecule has 0 aliphatic heterocycles. The smallest absolute Gasteiger partial charge is 0.141 e. The van der Waals surface area contributed by atoms with E-state index in [0.29, 0.717) is 23.4 Å². The van der Waals surface area contributed by atoms with Gasteiger partial charge in [0.1, 0.15) is 5.75 Å². The monoisotopic (exact) mass is 280 g/mol. The summed E-state index contributed by atoms with van der Waals surface area (Å²) in [5.74, 6) is 0.430. The van der Waals surface area contributed by atoms with Gasteiger partial charge in [-0.3, -0.25) is 4.98 Å². The van der Waals surface area contributed by atoms with E-state index in [1.807, 2.05) is 0 Å². The molecule has 2 atom stereocenters. The molecule has 4 N–H and O–H groups in total. The Morgan fingerprint density at radius 1 is 1.35 bits per heavy atom. The van der Waals surface area contributed by atoms with Gasteiger partial charge in [-0.2, -0.15) is 0 Å². The van der Waals surface area contributed by atoms with Gasteiger partial charge in [-0.15, -0.1) is 0 Å². The number of aliphatic hydroxyl groups is 2. The van der Waals surface area contributed by atoms with E-state index >= 15 is 0 Å². The van der Waals surface area contributed by atoms with Crippen molar-refractivity contribution in [1.82, 2.24) is 10.3 Å². The fourth-order valence-corrected chi connectivity index (χ4v) is 2.83. The highest BCUT2D eigenvalue weighted by Crippen LogP contribution is 2.25. The minimum absolute atomic E-state index is 0.135. The molecule has 2 unspecified atom stereocenters. The number of pyridine rings is 1. The van der Waals surface area contributed by atoms with E-state index in [2.05, 4.69) is 10.3 Å². The molecule has 0 saturated heterocycles. The van der Waals surface area contributed by atoms with Crippen LogP contribution in [0.4, 0.5) is 0 Å². The lowest BCUT2D eigenvalue weighted by Gasteiger charge is -2.27. The Morgan fingerprint density at radius 3 is 2.80 bits per heavy atom. The highest BCUT2D eigenvalue weighted by atomic mass is 16.3. The molecule has 0 radical (unpaired) electrons. The Balaban J connectivity index is 1.95. The number of rotatable bonds is 5. The predicted molar refractivity (Wildman–Crippen MR) is 76.2 cm³/mol. The zero-order valence-corrected chi connectivity index (χ0v) is 12.0. The van der Waals surface area contributed by atoms with Crippen LogP contribution in [0, 0.1) is 12.8 Å². The highest BCUT2D eigenvalue weighted by Gasteiger charge is 2.22. The molecule has 5 nitrogen and oxygen atoms in total. The second-order valence-corrected chi connectivity index (χ2v) is 5.60. The molecule has 1 aromatic heterocycles. The van der Waals surface area contributed by atoms with E-state index < -0.39 is 0 Å². The van der Waals surface area contributed by atoms with E-state index in [-0.39, 0.29) is 24.4 Å². The Labute approximate surface area is 119 Å². The zero-order valence-electron chi connectivity index (χ0n) is 12.0. The summed E-state index contributed by atoms with van der Waals surface area (Å²) >= 11 is 0. The summed E-state index contributed by atoms with van der Waals surface area (Å²) in [4.78, 5) is 4.04. The number of aromatic nitrogens is 1. The van der Waals surface area contributed by atoms with Gasteiger partial charge in [-0.25, -0.2) is 0 Å². The van der Waals surface area contributed by atoms with Crippen LogP contribution in [0.5, 0.6) is 5.75 Å². The molecular formula is C15H24N2O3. The van der Waals surface area contributed by atoms with Gasteiger partial charge in [0.05, 0.1) is 18.4 Å². The van der Waals surface area contributed by atoms with Crippen LogP contribution in [-0.2, 0) is 13.2 Å². The summed E-state index contributed by atoms with van der Waals surface area (Å²) in [7, 11) is 0. The van der Waals surface area contributed by atoms with Crippen molar-refractivity contribution in [1.29, 1.82) is 0 Å². The van der Waals surface area contributed by atoms with E-state index in [0.717, 1.165) is 25.8 Å². The molecule has 1 aliphatic rings. The lowest BCUT2D eigenvalue weighted by Crippen LogP contribution is -2.33. The van der Waals surface area contributed by atoms with Gasteiger partial charge in [0.15, 0.2) is 0 Å². The summed E-state index contributed by atoms with van der Waals surface area (Å²) in [5.41, 5.74) is 1.91. The minimum Gasteiger partial charge on any atom is -0.506 e. The lowest BCUT2D eigenvalue weighted by atomic mass is 9.86. The van der Waals surface area contributed by atoms with Crippen molar-refractivity contribution < 1.29 is 15.3 Å². The van der Waals surface area contributed by atoms with Crippen molar-refractivity contribution in [3.8, 4) is 5.75 Å². The molecular weight excluding hydrogens is 256 g/mol. The number of aryl methyl sites for hydroxylation is 1. The van der Waals surface area contributed by atoms with Crippen LogP contribution in [0.15, 0.2) is 6.20 Å². The van der Waals surface area contributed by atoms with Crippen LogP contribution in [0.1, 0.15) is 42.5 Å². The van der Waals surface area contributed by atoms with Crippen LogP contribution in [-0.4, -0.2) is 33.0 Å². The summed E-state index contributed by atoms with van der Waals surface area (Å²) in [6.07, 6.45) is 5.58. The zero-order chi connectivity index (χ0) is 14.5. The minimum atomic E-state index is -0.221. The Hall–Kier alpha value is -1.17. The third kappa shape index (κ3) is 3.48. The second kappa shape index (κ2) is 7.02. The third-order valence-corrected chi connectivity index (χ3v) is 4.18. The molecule has 0 aromatic carbocycles. The van der Waals surface area contributed by atoms with Crippen LogP contribution in [0.2, 0.25) is 0 Å². The van der Waals surface area contributed by atoms with E-state index in [1.54, 1.807) is 13.1 Å². The van der Waals surface area contributed by atoms with Crippen molar-refractivity contribution in [3.63, 3.8) is 0 Å². The van der Waals surface area contributed by atoms with Gasteiger partial charge in [-0.1, -0.05) is 12.8 Å². The highest BCUT2D eigenvalue weighted by molar-refractivity contribution is 5.40. The number of aliphatic hydroxyl groups excluding tert-OH is 2. The first kappa shape index (κ1) is 15.2. The van der Waals surface area contributed by atoms with Gasteiger partial charge in [0.2, 0.25) is 0 Å². The first-order valence-corrected chi connectivity index (χ1v) is 7.29. The van der Waals surface area contributed by atoms with Crippen molar-refractivity contribution in [2.24, 2.45) is 5.92 Å². The topological polar surface area (TPSA) is 85.6 Å². The standard InChI is InChI=1S/C15H24N2O3/c1-10-15(20)13(12(9-18)7-17-10)8-16-6-11-4-2-3-5-14(11)19/h7,11,14,16,18-20H,2-6,8-9H2,1H3. The van der Waals surface area contributed by atoms with Crippen LogP contribution >= 0.6 is 0 Å². The molecule has 1 saturated carbocycles. The first-order chi connectivity index (χ1) is 9.63.